The van der Waals surface area contributed by atoms with Gasteiger partial charge in [-0.05, 0) is 43.0 Å². The minimum Gasteiger partial charge on any atom is -0.475 e. The quantitative estimate of drug-likeness (QED) is 0.838. The summed E-state index contributed by atoms with van der Waals surface area (Å²) in [6.07, 6.45) is 3.37. The third-order valence-electron chi connectivity index (χ3n) is 4.37. The number of ether oxygens (including phenoxy) is 1. The molecule has 2 aromatic rings. The lowest BCUT2D eigenvalue weighted by Gasteiger charge is -2.29. The molecule has 0 saturated carbocycles. The molecule has 0 N–H and O–H groups in total. The molecule has 1 aromatic heterocycles. The van der Waals surface area contributed by atoms with E-state index in [0.29, 0.717) is 24.5 Å². The van der Waals surface area contributed by atoms with Crippen molar-refractivity contribution >= 4 is 17.5 Å². The van der Waals surface area contributed by atoms with Crippen LogP contribution in [0.3, 0.4) is 0 Å². The summed E-state index contributed by atoms with van der Waals surface area (Å²) >= 11 is 6.24. The van der Waals surface area contributed by atoms with E-state index in [4.69, 9.17) is 16.3 Å². The van der Waals surface area contributed by atoms with Gasteiger partial charge in [-0.3, -0.25) is 4.79 Å². The highest BCUT2D eigenvalue weighted by atomic mass is 35.5. The fraction of sp³-hybridized carbons (Fsp3) is 0.368. The van der Waals surface area contributed by atoms with E-state index in [-0.39, 0.29) is 12.0 Å². The van der Waals surface area contributed by atoms with Crippen LogP contribution in [0.25, 0.3) is 0 Å². The van der Waals surface area contributed by atoms with E-state index in [1.807, 2.05) is 30.0 Å². The Balaban J connectivity index is 1.77. The van der Waals surface area contributed by atoms with E-state index in [1.165, 1.54) is 0 Å². The third kappa shape index (κ3) is 3.54. The Morgan fingerprint density at radius 2 is 2.25 bits per heavy atom. The van der Waals surface area contributed by atoms with Gasteiger partial charge in [0.1, 0.15) is 0 Å². The van der Waals surface area contributed by atoms with Gasteiger partial charge in [0.2, 0.25) is 5.88 Å². The second-order valence-corrected chi connectivity index (χ2v) is 6.48. The van der Waals surface area contributed by atoms with E-state index in [2.05, 4.69) is 11.9 Å². The molecule has 126 valence electrons. The fourth-order valence-electron chi connectivity index (χ4n) is 2.82. The number of fused-ring (bicyclic) bond motifs is 1. The first-order valence-corrected chi connectivity index (χ1v) is 8.64. The minimum absolute atomic E-state index is 0.00275. The van der Waals surface area contributed by atoms with E-state index in [1.54, 1.807) is 18.3 Å². The Morgan fingerprint density at radius 3 is 3.04 bits per heavy atom. The monoisotopic (exact) mass is 344 g/mol. The number of hydrogen-bond donors (Lipinski definition) is 0. The molecule has 5 heteroatoms. The van der Waals surface area contributed by atoms with Crippen molar-refractivity contribution in [1.29, 1.82) is 0 Å². The van der Waals surface area contributed by atoms with E-state index in [9.17, 15) is 4.79 Å². The Morgan fingerprint density at radius 1 is 1.42 bits per heavy atom. The Hall–Kier alpha value is -2.07. The zero-order valence-electron chi connectivity index (χ0n) is 14.0. The Kier molecular flexibility index (Phi) is 5.05. The SMILES string of the molecule is CCC(C)Oc1cc(C(=O)N2CCc3c(Cl)cccc3C2)ccn1. The maximum absolute atomic E-state index is 12.8. The van der Waals surface area contributed by atoms with Crippen LogP contribution in [0, 0.1) is 0 Å². The van der Waals surface area contributed by atoms with Gasteiger partial charge in [0.15, 0.2) is 0 Å². The van der Waals surface area contributed by atoms with Gasteiger partial charge in [-0.1, -0.05) is 30.7 Å². The van der Waals surface area contributed by atoms with Gasteiger partial charge in [-0.25, -0.2) is 4.98 Å². The summed E-state index contributed by atoms with van der Waals surface area (Å²) < 4.78 is 5.71. The number of aromatic nitrogens is 1. The number of nitrogens with zero attached hydrogens (tertiary/aromatic N) is 2. The van der Waals surface area contributed by atoms with Crippen LogP contribution in [-0.2, 0) is 13.0 Å². The number of halogens is 1. The summed E-state index contributed by atoms with van der Waals surface area (Å²) in [5.74, 6) is 0.493. The van der Waals surface area contributed by atoms with Crippen molar-refractivity contribution in [3.05, 3.63) is 58.2 Å². The number of hydrogen-bond acceptors (Lipinski definition) is 3. The second-order valence-electron chi connectivity index (χ2n) is 6.07. The maximum atomic E-state index is 12.8. The van der Waals surface area contributed by atoms with Gasteiger partial charge in [0.25, 0.3) is 5.91 Å². The molecule has 0 bridgehead atoms. The third-order valence-corrected chi connectivity index (χ3v) is 4.73. The molecular formula is C19H21ClN2O2. The van der Waals surface area contributed by atoms with Crippen LogP contribution in [-0.4, -0.2) is 28.4 Å². The molecule has 1 unspecified atom stereocenters. The highest BCUT2D eigenvalue weighted by Crippen LogP contribution is 2.27. The topological polar surface area (TPSA) is 42.4 Å². The predicted octanol–water partition coefficient (Wildman–Crippen LogP) is 4.11. The lowest BCUT2D eigenvalue weighted by Crippen LogP contribution is -2.36. The largest absolute Gasteiger partial charge is 0.475 e. The molecule has 0 aliphatic carbocycles. The molecule has 24 heavy (non-hydrogen) atoms. The van der Waals surface area contributed by atoms with Crippen LogP contribution in [0.1, 0.15) is 41.8 Å². The Labute approximate surface area is 147 Å². The van der Waals surface area contributed by atoms with Crippen molar-refractivity contribution in [3.63, 3.8) is 0 Å². The molecule has 0 radical (unpaired) electrons. The average Bonchev–Trinajstić information content (AvgIpc) is 2.61. The standard InChI is InChI=1S/C19H21ClN2O2/c1-3-13(2)24-18-11-14(7-9-21-18)19(23)22-10-8-16-15(12-22)5-4-6-17(16)20/h4-7,9,11,13H,3,8,10,12H2,1-2H3. The average molecular weight is 345 g/mol. The molecule has 1 aliphatic heterocycles. The summed E-state index contributed by atoms with van der Waals surface area (Å²) in [6, 6.07) is 9.32. The van der Waals surface area contributed by atoms with Gasteiger partial charge in [0, 0.05) is 35.9 Å². The first-order chi connectivity index (χ1) is 11.6. The number of pyridine rings is 1. The van der Waals surface area contributed by atoms with Crippen molar-refractivity contribution in [2.24, 2.45) is 0 Å². The molecule has 0 spiro atoms. The van der Waals surface area contributed by atoms with Crippen LogP contribution < -0.4 is 4.74 Å². The number of amides is 1. The normalized spacial score (nSPS) is 14.9. The molecular weight excluding hydrogens is 324 g/mol. The number of benzene rings is 1. The molecule has 0 saturated heterocycles. The first-order valence-electron chi connectivity index (χ1n) is 8.26. The highest BCUT2D eigenvalue weighted by Gasteiger charge is 2.23. The van der Waals surface area contributed by atoms with Crippen LogP contribution in [0.2, 0.25) is 5.02 Å². The van der Waals surface area contributed by atoms with Crippen molar-refractivity contribution in [1.82, 2.24) is 9.88 Å². The molecule has 0 fully saturated rings. The smallest absolute Gasteiger partial charge is 0.254 e. The van der Waals surface area contributed by atoms with Crippen molar-refractivity contribution in [3.8, 4) is 5.88 Å². The summed E-state index contributed by atoms with van der Waals surface area (Å²) in [5.41, 5.74) is 2.87. The number of carbonyl (C=O) groups excluding carboxylic acids is 1. The molecule has 1 amide bonds. The van der Waals surface area contributed by atoms with Gasteiger partial charge in [0.05, 0.1) is 6.10 Å². The lowest BCUT2D eigenvalue weighted by atomic mass is 9.99. The van der Waals surface area contributed by atoms with Gasteiger partial charge < -0.3 is 9.64 Å². The summed E-state index contributed by atoms with van der Waals surface area (Å²) in [6.45, 7) is 5.29. The van der Waals surface area contributed by atoms with Crippen LogP contribution >= 0.6 is 11.6 Å². The molecule has 4 nitrogen and oxygen atoms in total. The van der Waals surface area contributed by atoms with Gasteiger partial charge in [-0.15, -0.1) is 0 Å². The number of carbonyl (C=O) groups is 1. The zero-order valence-corrected chi connectivity index (χ0v) is 14.7. The summed E-state index contributed by atoms with van der Waals surface area (Å²) in [5, 5.41) is 0.785. The van der Waals surface area contributed by atoms with Crippen LogP contribution in [0.4, 0.5) is 0 Å². The maximum Gasteiger partial charge on any atom is 0.254 e. The van der Waals surface area contributed by atoms with Crippen molar-refractivity contribution < 1.29 is 9.53 Å². The summed E-state index contributed by atoms with van der Waals surface area (Å²) in [7, 11) is 0. The van der Waals surface area contributed by atoms with Gasteiger partial charge >= 0.3 is 0 Å². The molecule has 3 rings (SSSR count). The van der Waals surface area contributed by atoms with E-state index in [0.717, 1.165) is 29.0 Å². The molecule has 1 aliphatic rings. The molecule has 1 atom stereocenters. The first kappa shape index (κ1) is 16.8. The van der Waals surface area contributed by atoms with Gasteiger partial charge in [-0.2, -0.15) is 0 Å². The molecule has 1 aromatic carbocycles. The fourth-order valence-corrected chi connectivity index (χ4v) is 3.10. The lowest BCUT2D eigenvalue weighted by molar-refractivity contribution is 0.0733. The van der Waals surface area contributed by atoms with Crippen molar-refractivity contribution in [2.75, 3.05) is 6.54 Å². The van der Waals surface area contributed by atoms with E-state index >= 15 is 0 Å². The van der Waals surface area contributed by atoms with E-state index < -0.39 is 0 Å². The van der Waals surface area contributed by atoms with Crippen molar-refractivity contribution in [2.45, 2.75) is 39.3 Å². The number of rotatable bonds is 4. The zero-order chi connectivity index (χ0) is 17.1. The molecule has 2 heterocycles. The highest BCUT2D eigenvalue weighted by molar-refractivity contribution is 6.31. The Bertz CT molecular complexity index is 748. The minimum atomic E-state index is -0.00275. The summed E-state index contributed by atoms with van der Waals surface area (Å²) in [4.78, 5) is 18.9. The second kappa shape index (κ2) is 7.22. The predicted molar refractivity (Wildman–Crippen MR) is 94.5 cm³/mol. The van der Waals surface area contributed by atoms with Crippen LogP contribution in [0.15, 0.2) is 36.5 Å². The van der Waals surface area contributed by atoms with Crippen LogP contribution in [0.5, 0.6) is 5.88 Å².